The summed E-state index contributed by atoms with van der Waals surface area (Å²) >= 11 is 9.47. The lowest BCUT2D eigenvalue weighted by Crippen LogP contribution is -2.05. The van der Waals surface area contributed by atoms with Crippen LogP contribution in [0.15, 0.2) is 63.7 Å². The van der Waals surface area contributed by atoms with Gasteiger partial charge in [-0.25, -0.2) is 9.79 Å². The van der Waals surface area contributed by atoms with Crippen LogP contribution in [-0.4, -0.2) is 11.9 Å². The number of ether oxygens (including phenoxy) is 1. The quantitative estimate of drug-likeness (QED) is 0.585. The first kappa shape index (κ1) is 14.0. The number of esters is 1. The van der Waals surface area contributed by atoms with Crippen molar-refractivity contribution < 1.29 is 9.53 Å². The summed E-state index contributed by atoms with van der Waals surface area (Å²) in [6.45, 7) is 0. The molecule has 2 aromatic rings. The molecule has 0 fully saturated rings. The predicted molar refractivity (Wildman–Crippen MR) is 86.2 cm³/mol. The molecule has 1 aliphatic heterocycles. The third-order valence-electron chi connectivity index (χ3n) is 2.88. The number of nitrogens with zero attached hydrogens (tertiary/aromatic N) is 1. The van der Waals surface area contributed by atoms with Gasteiger partial charge in [-0.1, -0.05) is 51.8 Å². The molecule has 0 saturated carbocycles. The van der Waals surface area contributed by atoms with E-state index in [1.165, 1.54) is 0 Å². The fraction of sp³-hybridized carbons (Fsp3) is 0. The van der Waals surface area contributed by atoms with E-state index in [2.05, 4.69) is 20.9 Å². The van der Waals surface area contributed by atoms with Crippen molar-refractivity contribution in [1.29, 1.82) is 0 Å². The molecule has 0 N–H and O–H groups in total. The summed E-state index contributed by atoms with van der Waals surface area (Å²) in [7, 11) is 0. The molecule has 3 nitrogen and oxygen atoms in total. The summed E-state index contributed by atoms with van der Waals surface area (Å²) in [5.74, 6) is -0.253. The highest BCUT2D eigenvalue weighted by atomic mass is 79.9. The zero-order valence-corrected chi connectivity index (χ0v) is 13.1. The van der Waals surface area contributed by atoms with E-state index in [0.717, 1.165) is 10.0 Å². The minimum Gasteiger partial charge on any atom is -0.402 e. The number of rotatable bonds is 2. The van der Waals surface area contributed by atoms with Crippen LogP contribution in [-0.2, 0) is 9.53 Å². The zero-order chi connectivity index (χ0) is 14.8. The molecule has 0 spiro atoms. The highest BCUT2D eigenvalue weighted by Gasteiger charge is 2.25. The van der Waals surface area contributed by atoms with E-state index in [1.54, 1.807) is 24.3 Å². The molecule has 0 bridgehead atoms. The van der Waals surface area contributed by atoms with E-state index >= 15 is 0 Å². The smallest absolute Gasteiger partial charge is 0.363 e. The summed E-state index contributed by atoms with van der Waals surface area (Å²) in [5, 5.41) is 0.493. The maximum atomic E-state index is 11.9. The van der Waals surface area contributed by atoms with Gasteiger partial charge >= 0.3 is 5.97 Å². The molecule has 0 radical (unpaired) electrons. The highest BCUT2D eigenvalue weighted by molar-refractivity contribution is 9.10. The summed E-state index contributed by atoms with van der Waals surface area (Å²) < 4.78 is 6.12. The average molecular weight is 363 g/mol. The Balaban J connectivity index is 1.98. The van der Waals surface area contributed by atoms with Crippen LogP contribution in [0.2, 0.25) is 5.02 Å². The van der Waals surface area contributed by atoms with E-state index in [0.29, 0.717) is 10.6 Å². The maximum Gasteiger partial charge on any atom is 0.363 e. The molecule has 21 heavy (non-hydrogen) atoms. The predicted octanol–water partition coefficient (Wildman–Crippen LogP) is 4.45. The van der Waals surface area contributed by atoms with E-state index in [-0.39, 0.29) is 11.6 Å². The van der Waals surface area contributed by atoms with Gasteiger partial charge in [0.05, 0.1) is 10.6 Å². The largest absolute Gasteiger partial charge is 0.402 e. The van der Waals surface area contributed by atoms with Gasteiger partial charge in [0.15, 0.2) is 5.70 Å². The van der Waals surface area contributed by atoms with Crippen molar-refractivity contribution in [3.8, 4) is 0 Å². The van der Waals surface area contributed by atoms with Gasteiger partial charge in [-0.05, 0) is 35.9 Å². The van der Waals surface area contributed by atoms with Gasteiger partial charge in [0.25, 0.3) is 0 Å². The first-order valence-corrected chi connectivity index (χ1v) is 7.33. The van der Waals surface area contributed by atoms with Crippen molar-refractivity contribution in [2.24, 2.45) is 4.99 Å². The lowest BCUT2D eigenvalue weighted by atomic mass is 10.2. The SMILES string of the molecule is O=C1OC(c2ccccc2Cl)=N/C1=C\c1cccc(Br)c1. The molecule has 0 aromatic heterocycles. The van der Waals surface area contributed by atoms with E-state index in [9.17, 15) is 4.79 Å². The molecule has 0 unspecified atom stereocenters. The van der Waals surface area contributed by atoms with Crippen LogP contribution in [0.3, 0.4) is 0 Å². The minimum absolute atomic E-state index is 0.229. The fourth-order valence-electron chi connectivity index (χ4n) is 1.91. The van der Waals surface area contributed by atoms with Crippen molar-refractivity contribution in [3.63, 3.8) is 0 Å². The van der Waals surface area contributed by atoms with Crippen molar-refractivity contribution in [2.75, 3.05) is 0 Å². The topological polar surface area (TPSA) is 38.7 Å². The molecule has 0 atom stereocenters. The highest BCUT2D eigenvalue weighted by Crippen LogP contribution is 2.24. The second kappa shape index (κ2) is 5.84. The molecule has 3 rings (SSSR count). The number of carbonyl (C=O) groups is 1. The van der Waals surface area contributed by atoms with Gasteiger partial charge < -0.3 is 4.74 Å². The third kappa shape index (κ3) is 3.06. The number of halogens is 2. The number of hydrogen-bond donors (Lipinski definition) is 0. The van der Waals surface area contributed by atoms with Crippen LogP contribution in [0, 0.1) is 0 Å². The number of aliphatic imine (C=N–C) groups is 1. The Morgan fingerprint density at radius 2 is 1.95 bits per heavy atom. The van der Waals surface area contributed by atoms with Gasteiger partial charge in [0.2, 0.25) is 5.90 Å². The first-order valence-electron chi connectivity index (χ1n) is 6.16. The molecule has 5 heteroatoms. The van der Waals surface area contributed by atoms with Gasteiger partial charge in [-0.3, -0.25) is 0 Å². The lowest BCUT2D eigenvalue weighted by Gasteiger charge is -2.00. The van der Waals surface area contributed by atoms with Gasteiger partial charge in [-0.15, -0.1) is 0 Å². The van der Waals surface area contributed by atoms with Crippen LogP contribution < -0.4 is 0 Å². The van der Waals surface area contributed by atoms with E-state index in [1.807, 2.05) is 30.3 Å². The molecule has 0 aliphatic carbocycles. The Labute approximate surface area is 135 Å². The maximum absolute atomic E-state index is 11.9. The molecule has 104 valence electrons. The van der Waals surface area contributed by atoms with Crippen LogP contribution in [0.25, 0.3) is 6.08 Å². The Hall–Kier alpha value is -1.91. The number of cyclic esters (lactones) is 1. The molecular formula is C16H9BrClNO2. The number of benzene rings is 2. The third-order valence-corrected chi connectivity index (χ3v) is 3.70. The monoisotopic (exact) mass is 361 g/mol. The van der Waals surface area contributed by atoms with Crippen molar-refractivity contribution in [3.05, 3.63) is 74.9 Å². The van der Waals surface area contributed by atoms with Gasteiger partial charge in [0.1, 0.15) is 0 Å². The van der Waals surface area contributed by atoms with Crippen LogP contribution in [0.4, 0.5) is 0 Å². The Bertz CT molecular complexity index is 783. The van der Waals surface area contributed by atoms with Crippen LogP contribution >= 0.6 is 27.5 Å². The Morgan fingerprint density at radius 1 is 1.14 bits per heavy atom. The molecular weight excluding hydrogens is 354 g/mol. The second-order valence-corrected chi connectivity index (χ2v) is 5.69. The molecule has 0 amide bonds. The standard InChI is InChI=1S/C16H9BrClNO2/c17-11-5-3-4-10(8-11)9-14-16(20)21-15(19-14)12-6-1-2-7-13(12)18/h1-9H/b14-9-. The first-order chi connectivity index (χ1) is 10.1. The Kier molecular flexibility index (Phi) is 3.90. The molecule has 0 saturated heterocycles. The van der Waals surface area contributed by atoms with Crippen LogP contribution in [0.5, 0.6) is 0 Å². The van der Waals surface area contributed by atoms with Gasteiger partial charge in [0, 0.05) is 4.47 Å². The average Bonchev–Trinajstić information content (AvgIpc) is 2.80. The minimum atomic E-state index is -0.482. The van der Waals surface area contributed by atoms with Crippen molar-refractivity contribution in [1.82, 2.24) is 0 Å². The lowest BCUT2D eigenvalue weighted by molar-refractivity contribution is -0.129. The summed E-state index contributed by atoms with van der Waals surface area (Å²) in [6.07, 6.45) is 1.68. The molecule has 1 heterocycles. The fourth-order valence-corrected chi connectivity index (χ4v) is 2.55. The normalized spacial score (nSPS) is 16.0. The van der Waals surface area contributed by atoms with Crippen molar-refractivity contribution in [2.45, 2.75) is 0 Å². The Morgan fingerprint density at radius 3 is 2.71 bits per heavy atom. The summed E-state index contributed by atoms with van der Waals surface area (Å²) in [5.41, 5.74) is 1.72. The van der Waals surface area contributed by atoms with Crippen LogP contribution in [0.1, 0.15) is 11.1 Å². The van der Waals surface area contributed by atoms with Crippen molar-refractivity contribution >= 4 is 45.5 Å². The number of carbonyl (C=O) groups excluding carboxylic acids is 1. The zero-order valence-electron chi connectivity index (χ0n) is 10.7. The van der Waals surface area contributed by atoms with Gasteiger partial charge in [-0.2, -0.15) is 0 Å². The molecule has 2 aromatic carbocycles. The summed E-state index contributed by atoms with van der Waals surface area (Å²) in [6, 6.07) is 14.7. The summed E-state index contributed by atoms with van der Waals surface area (Å²) in [4.78, 5) is 16.1. The number of hydrogen-bond acceptors (Lipinski definition) is 3. The van der Waals surface area contributed by atoms with E-state index in [4.69, 9.17) is 16.3 Å². The molecule has 1 aliphatic rings. The van der Waals surface area contributed by atoms with E-state index < -0.39 is 5.97 Å². The second-order valence-electron chi connectivity index (χ2n) is 4.37.